The molecule has 0 heterocycles. The number of nitrogens with zero attached hydrogens (tertiary/aromatic N) is 2. The van der Waals surface area contributed by atoms with E-state index in [0.29, 0.717) is 22.9 Å². The molecule has 10 heteroatoms. The summed E-state index contributed by atoms with van der Waals surface area (Å²) < 4.78 is 5.74. The zero-order chi connectivity index (χ0) is 24.8. The van der Waals surface area contributed by atoms with Gasteiger partial charge in [0.15, 0.2) is 0 Å². The molecular weight excluding hydrogens is 452 g/mol. The quantitative estimate of drug-likeness (QED) is 0.228. The summed E-state index contributed by atoms with van der Waals surface area (Å²) in [5.74, 6) is 0.426. The Balaban J connectivity index is 1.68. The fourth-order valence-electron chi connectivity index (χ4n) is 3.27. The van der Waals surface area contributed by atoms with Gasteiger partial charge in [-0.3, -0.25) is 25.0 Å². The van der Waals surface area contributed by atoms with E-state index in [0.717, 1.165) is 12.1 Å². The minimum absolute atomic E-state index is 0.175. The molecule has 0 fully saturated rings. The average molecular weight is 470 g/mol. The summed E-state index contributed by atoms with van der Waals surface area (Å²) in [4.78, 5) is 34.6. The van der Waals surface area contributed by atoms with Gasteiger partial charge in [0.2, 0.25) is 0 Å². The van der Waals surface area contributed by atoms with Gasteiger partial charge in [0, 0.05) is 17.4 Å². The molecule has 0 aliphatic carbocycles. The van der Waals surface area contributed by atoms with Crippen LogP contribution in [0.15, 0.2) is 97.1 Å². The minimum atomic E-state index is -0.786. The number of ether oxygens (including phenoxy) is 1. The Hall–Kier alpha value is -5.25. The molecule has 2 N–H and O–H groups in total. The highest BCUT2D eigenvalue weighted by Crippen LogP contribution is 2.36. The van der Waals surface area contributed by atoms with Gasteiger partial charge in [-0.1, -0.05) is 36.4 Å². The Bertz CT molecular complexity index is 1380. The molecular formula is C25H18N4O6. The number of carbonyl (C=O) groups excluding carboxylic acids is 1. The van der Waals surface area contributed by atoms with Crippen molar-refractivity contribution in [3.8, 4) is 11.5 Å². The summed E-state index contributed by atoms with van der Waals surface area (Å²) in [5, 5.41) is 28.6. The second kappa shape index (κ2) is 10.1. The van der Waals surface area contributed by atoms with Gasteiger partial charge < -0.3 is 15.4 Å². The van der Waals surface area contributed by atoms with E-state index in [9.17, 15) is 25.0 Å². The van der Waals surface area contributed by atoms with Crippen molar-refractivity contribution < 1.29 is 19.4 Å². The molecule has 0 saturated carbocycles. The van der Waals surface area contributed by atoms with E-state index in [1.165, 1.54) is 0 Å². The third-order valence-electron chi connectivity index (χ3n) is 4.89. The van der Waals surface area contributed by atoms with Crippen LogP contribution >= 0.6 is 0 Å². The maximum Gasteiger partial charge on any atom is 0.300 e. The Morgan fingerprint density at radius 3 is 1.91 bits per heavy atom. The normalized spacial score (nSPS) is 10.3. The van der Waals surface area contributed by atoms with Crippen molar-refractivity contribution in [3.05, 3.63) is 123 Å². The van der Waals surface area contributed by atoms with Gasteiger partial charge in [-0.15, -0.1) is 0 Å². The number of hydrogen-bond acceptors (Lipinski definition) is 7. The monoisotopic (exact) mass is 470 g/mol. The molecule has 0 bridgehead atoms. The molecule has 0 aliphatic rings. The summed E-state index contributed by atoms with van der Waals surface area (Å²) >= 11 is 0. The molecule has 0 unspecified atom stereocenters. The SMILES string of the molecule is O=C(Nc1ccccc1)c1cc([N+](=O)[O-])cc([N+](=O)[O-])c1Nc1ccc(Oc2ccccc2)cc1. The molecule has 35 heavy (non-hydrogen) atoms. The average Bonchev–Trinajstić information content (AvgIpc) is 2.86. The lowest BCUT2D eigenvalue weighted by molar-refractivity contribution is -0.393. The molecule has 10 nitrogen and oxygen atoms in total. The first-order valence-electron chi connectivity index (χ1n) is 10.3. The molecule has 4 aromatic rings. The highest BCUT2D eigenvalue weighted by molar-refractivity contribution is 6.10. The maximum absolute atomic E-state index is 13.0. The number of nitro benzene ring substituents is 2. The summed E-state index contributed by atoms with van der Waals surface area (Å²) in [7, 11) is 0. The molecule has 0 aromatic heterocycles. The zero-order valence-electron chi connectivity index (χ0n) is 18.1. The number of non-ortho nitro benzene ring substituents is 1. The zero-order valence-corrected chi connectivity index (χ0v) is 18.1. The second-order valence-corrected chi connectivity index (χ2v) is 7.29. The number of anilines is 3. The van der Waals surface area contributed by atoms with Crippen LogP contribution in [-0.2, 0) is 0 Å². The Labute approximate surface area is 199 Å². The van der Waals surface area contributed by atoms with Crippen LogP contribution in [0, 0.1) is 20.2 Å². The number of para-hydroxylation sites is 2. The lowest BCUT2D eigenvalue weighted by Gasteiger charge is -2.13. The van der Waals surface area contributed by atoms with Crippen LogP contribution in [0.4, 0.5) is 28.4 Å². The van der Waals surface area contributed by atoms with Crippen molar-refractivity contribution in [1.29, 1.82) is 0 Å². The highest BCUT2D eigenvalue weighted by atomic mass is 16.6. The maximum atomic E-state index is 13.0. The highest BCUT2D eigenvalue weighted by Gasteiger charge is 2.28. The Kier molecular flexibility index (Phi) is 6.64. The van der Waals surface area contributed by atoms with Crippen molar-refractivity contribution in [2.45, 2.75) is 0 Å². The fraction of sp³-hybridized carbons (Fsp3) is 0. The first-order valence-corrected chi connectivity index (χ1v) is 10.3. The Morgan fingerprint density at radius 1 is 0.714 bits per heavy atom. The third-order valence-corrected chi connectivity index (χ3v) is 4.89. The van der Waals surface area contributed by atoms with Crippen molar-refractivity contribution in [3.63, 3.8) is 0 Å². The summed E-state index contributed by atoms with van der Waals surface area (Å²) in [5.41, 5.74) is -0.768. The van der Waals surface area contributed by atoms with E-state index in [-0.39, 0.29) is 11.3 Å². The number of benzene rings is 4. The number of carbonyl (C=O) groups is 1. The molecule has 4 aromatic carbocycles. The van der Waals surface area contributed by atoms with Gasteiger partial charge in [-0.05, 0) is 48.5 Å². The van der Waals surface area contributed by atoms with Crippen LogP contribution in [0.25, 0.3) is 0 Å². The van der Waals surface area contributed by atoms with E-state index in [1.54, 1.807) is 66.7 Å². The predicted molar refractivity (Wildman–Crippen MR) is 130 cm³/mol. The van der Waals surface area contributed by atoms with Gasteiger partial charge in [-0.2, -0.15) is 0 Å². The van der Waals surface area contributed by atoms with E-state index in [4.69, 9.17) is 4.74 Å². The van der Waals surface area contributed by atoms with E-state index < -0.39 is 27.1 Å². The van der Waals surface area contributed by atoms with Gasteiger partial charge in [0.05, 0.1) is 21.5 Å². The molecule has 4 rings (SSSR count). The lowest BCUT2D eigenvalue weighted by atomic mass is 10.1. The van der Waals surface area contributed by atoms with Crippen LogP contribution in [0.2, 0.25) is 0 Å². The van der Waals surface area contributed by atoms with Crippen molar-refractivity contribution in [1.82, 2.24) is 0 Å². The summed E-state index contributed by atoms with van der Waals surface area (Å²) in [6, 6.07) is 25.9. The van der Waals surface area contributed by atoms with Gasteiger partial charge >= 0.3 is 0 Å². The number of nitrogens with one attached hydrogen (secondary N) is 2. The van der Waals surface area contributed by atoms with E-state index >= 15 is 0 Å². The minimum Gasteiger partial charge on any atom is -0.457 e. The summed E-state index contributed by atoms with van der Waals surface area (Å²) in [6.45, 7) is 0. The smallest absolute Gasteiger partial charge is 0.300 e. The van der Waals surface area contributed by atoms with Crippen molar-refractivity contribution in [2.75, 3.05) is 10.6 Å². The largest absolute Gasteiger partial charge is 0.457 e. The third kappa shape index (κ3) is 5.57. The first kappa shape index (κ1) is 22.9. The van der Waals surface area contributed by atoms with Crippen LogP contribution in [0.1, 0.15) is 10.4 Å². The Morgan fingerprint density at radius 2 is 1.31 bits per heavy atom. The van der Waals surface area contributed by atoms with Crippen molar-refractivity contribution >= 4 is 34.3 Å². The molecule has 0 spiro atoms. The molecule has 0 aliphatic heterocycles. The van der Waals surface area contributed by atoms with Crippen LogP contribution in [0.5, 0.6) is 11.5 Å². The second-order valence-electron chi connectivity index (χ2n) is 7.29. The number of hydrogen-bond donors (Lipinski definition) is 2. The van der Waals surface area contributed by atoms with Gasteiger partial charge in [0.25, 0.3) is 17.3 Å². The van der Waals surface area contributed by atoms with Crippen LogP contribution < -0.4 is 15.4 Å². The first-order chi connectivity index (χ1) is 16.9. The molecule has 0 atom stereocenters. The van der Waals surface area contributed by atoms with E-state index in [2.05, 4.69) is 10.6 Å². The van der Waals surface area contributed by atoms with Gasteiger partial charge in [0.1, 0.15) is 17.2 Å². The summed E-state index contributed by atoms with van der Waals surface area (Å²) in [6.07, 6.45) is 0. The van der Waals surface area contributed by atoms with E-state index in [1.807, 2.05) is 18.2 Å². The van der Waals surface area contributed by atoms with Crippen LogP contribution in [-0.4, -0.2) is 15.8 Å². The molecule has 0 saturated heterocycles. The predicted octanol–water partition coefficient (Wildman–Crippen LogP) is 6.29. The van der Waals surface area contributed by atoms with Crippen molar-refractivity contribution in [2.24, 2.45) is 0 Å². The topological polar surface area (TPSA) is 137 Å². The molecule has 1 amide bonds. The van der Waals surface area contributed by atoms with Gasteiger partial charge in [-0.25, -0.2) is 0 Å². The molecule has 0 radical (unpaired) electrons. The number of amides is 1. The fourth-order valence-corrected chi connectivity index (χ4v) is 3.27. The lowest BCUT2D eigenvalue weighted by Crippen LogP contribution is -2.15. The number of nitro groups is 2. The number of rotatable bonds is 8. The molecule has 174 valence electrons. The standard InChI is InChI=1S/C25H18N4O6/c30-25(27-17-7-3-1-4-8-17)22-15-19(28(31)32)16-23(29(33)34)24(22)26-18-11-13-21(14-12-18)35-20-9-5-2-6-10-20/h1-16,26H,(H,27,30). The van der Waals surface area contributed by atoms with Crippen LogP contribution in [0.3, 0.4) is 0 Å².